The van der Waals surface area contributed by atoms with Crippen molar-refractivity contribution in [3.8, 4) is 0 Å². The van der Waals surface area contributed by atoms with Crippen LogP contribution < -0.4 is 5.32 Å². The molecular weight excluding hydrogens is 314 g/mol. The summed E-state index contributed by atoms with van der Waals surface area (Å²) in [4.78, 5) is 16.3. The lowest BCUT2D eigenvalue weighted by Crippen LogP contribution is -2.27. The third-order valence-electron chi connectivity index (χ3n) is 3.33. The Morgan fingerprint density at radius 2 is 2.30 bits per heavy atom. The molecule has 0 aliphatic rings. The van der Waals surface area contributed by atoms with Crippen LogP contribution in [0.15, 0.2) is 29.4 Å². The summed E-state index contributed by atoms with van der Waals surface area (Å²) in [6.07, 6.45) is 0.822. The molecule has 0 unspecified atom stereocenters. The second-order valence-corrected chi connectivity index (χ2v) is 5.90. The van der Waals surface area contributed by atoms with Gasteiger partial charge in [-0.1, -0.05) is 23.9 Å². The first-order valence-corrected chi connectivity index (χ1v) is 8.57. The quantitative estimate of drug-likeness (QED) is 0.485. The summed E-state index contributed by atoms with van der Waals surface area (Å²) in [5.41, 5.74) is 1.89. The van der Waals surface area contributed by atoms with Crippen LogP contribution in [0, 0.1) is 0 Å². The van der Waals surface area contributed by atoms with Gasteiger partial charge in [0.05, 0.1) is 16.8 Å². The van der Waals surface area contributed by atoms with E-state index in [4.69, 9.17) is 4.74 Å². The number of carbonyl (C=O) groups is 1. The van der Waals surface area contributed by atoms with E-state index in [1.54, 1.807) is 0 Å². The van der Waals surface area contributed by atoms with Gasteiger partial charge < -0.3 is 10.1 Å². The summed E-state index contributed by atoms with van der Waals surface area (Å²) in [6.45, 7) is 3.96. The van der Waals surface area contributed by atoms with Gasteiger partial charge in [-0.15, -0.1) is 5.10 Å². The molecule has 3 aromatic rings. The molecule has 0 spiro atoms. The van der Waals surface area contributed by atoms with Crippen molar-refractivity contribution in [3.05, 3.63) is 24.3 Å². The van der Waals surface area contributed by atoms with Crippen molar-refractivity contribution < 1.29 is 9.53 Å². The van der Waals surface area contributed by atoms with E-state index in [0.29, 0.717) is 31.3 Å². The summed E-state index contributed by atoms with van der Waals surface area (Å²) in [7, 11) is 0. The number of aromatic nitrogens is 4. The van der Waals surface area contributed by atoms with Gasteiger partial charge in [0.1, 0.15) is 0 Å². The molecule has 0 aliphatic heterocycles. The van der Waals surface area contributed by atoms with E-state index < -0.39 is 0 Å². The van der Waals surface area contributed by atoms with E-state index in [-0.39, 0.29) is 5.91 Å². The van der Waals surface area contributed by atoms with Gasteiger partial charge in [0.15, 0.2) is 5.16 Å². The summed E-state index contributed by atoms with van der Waals surface area (Å²) >= 11 is 1.39. The maximum absolute atomic E-state index is 11.9. The van der Waals surface area contributed by atoms with Crippen molar-refractivity contribution >= 4 is 34.5 Å². The number of ether oxygens (including phenoxy) is 1. The van der Waals surface area contributed by atoms with Gasteiger partial charge in [-0.2, -0.15) is 0 Å². The van der Waals surface area contributed by atoms with E-state index in [0.717, 1.165) is 22.6 Å². The zero-order valence-electron chi connectivity index (χ0n) is 12.9. The molecule has 0 fully saturated rings. The van der Waals surface area contributed by atoms with Crippen molar-refractivity contribution in [2.75, 3.05) is 25.5 Å². The van der Waals surface area contributed by atoms with Crippen LogP contribution in [0.1, 0.15) is 13.3 Å². The van der Waals surface area contributed by atoms with Crippen LogP contribution in [0.3, 0.4) is 0 Å². The predicted octanol–water partition coefficient (Wildman–Crippen LogP) is 1.85. The number of rotatable bonds is 8. The summed E-state index contributed by atoms with van der Waals surface area (Å²) in [5.74, 6) is 0.999. The minimum absolute atomic E-state index is 0.00734. The van der Waals surface area contributed by atoms with Crippen molar-refractivity contribution in [3.63, 3.8) is 0 Å². The number of H-pyrrole nitrogens is 1. The molecule has 2 N–H and O–H groups in total. The maximum atomic E-state index is 11.9. The van der Waals surface area contributed by atoms with Crippen LogP contribution in [-0.2, 0) is 9.53 Å². The monoisotopic (exact) mass is 333 g/mol. The van der Waals surface area contributed by atoms with Crippen molar-refractivity contribution in [1.82, 2.24) is 24.9 Å². The van der Waals surface area contributed by atoms with Gasteiger partial charge in [-0.3, -0.25) is 9.20 Å². The number of nitrogens with one attached hydrogen (secondary N) is 2. The van der Waals surface area contributed by atoms with Crippen LogP contribution in [0.25, 0.3) is 16.8 Å². The highest BCUT2D eigenvalue weighted by molar-refractivity contribution is 7.99. The van der Waals surface area contributed by atoms with Crippen molar-refractivity contribution in [2.45, 2.75) is 18.5 Å². The molecule has 1 aromatic carbocycles. The molecule has 0 radical (unpaired) electrons. The summed E-state index contributed by atoms with van der Waals surface area (Å²) < 4.78 is 7.17. The molecule has 0 atom stereocenters. The first kappa shape index (κ1) is 15.8. The normalized spacial score (nSPS) is 11.3. The molecule has 0 aliphatic carbocycles. The molecule has 122 valence electrons. The molecular formula is C15H19N5O2S. The summed E-state index contributed by atoms with van der Waals surface area (Å²) in [6, 6.07) is 7.85. The van der Waals surface area contributed by atoms with E-state index >= 15 is 0 Å². The molecule has 23 heavy (non-hydrogen) atoms. The van der Waals surface area contributed by atoms with Crippen LogP contribution in [0.2, 0.25) is 0 Å². The number of nitrogens with zero attached hydrogens (tertiary/aromatic N) is 3. The van der Waals surface area contributed by atoms with Crippen LogP contribution in [0.4, 0.5) is 0 Å². The molecule has 1 amide bonds. The highest BCUT2D eigenvalue weighted by Crippen LogP contribution is 2.22. The highest BCUT2D eigenvalue weighted by Gasteiger charge is 2.13. The highest BCUT2D eigenvalue weighted by atomic mass is 32.2. The SMILES string of the molecule is CCOCCCNC(=O)CSc1n[nH]c2nc3ccccc3n12. The Bertz CT molecular complexity index is 797. The Morgan fingerprint density at radius 1 is 1.43 bits per heavy atom. The number of para-hydroxylation sites is 2. The van der Waals surface area contributed by atoms with Crippen molar-refractivity contribution in [2.24, 2.45) is 0 Å². The van der Waals surface area contributed by atoms with Gasteiger partial charge in [0, 0.05) is 19.8 Å². The number of thioether (sulfide) groups is 1. The maximum Gasteiger partial charge on any atom is 0.231 e. The Balaban J connectivity index is 1.58. The fourth-order valence-electron chi connectivity index (χ4n) is 2.27. The van der Waals surface area contributed by atoms with Crippen LogP contribution >= 0.6 is 11.8 Å². The third-order valence-corrected chi connectivity index (χ3v) is 4.27. The fraction of sp³-hybridized carbons (Fsp3) is 0.400. The molecule has 0 saturated heterocycles. The number of hydrogen-bond donors (Lipinski definition) is 2. The van der Waals surface area contributed by atoms with Crippen LogP contribution in [-0.4, -0.2) is 51.0 Å². The van der Waals surface area contributed by atoms with E-state index in [2.05, 4.69) is 20.5 Å². The number of amides is 1. The largest absolute Gasteiger partial charge is 0.382 e. The Labute approximate surface area is 137 Å². The molecule has 7 nitrogen and oxygen atoms in total. The average molecular weight is 333 g/mol. The first-order chi connectivity index (χ1) is 11.3. The number of imidazole rings is 1. The molecule has 3 rings (SSSR count). The predicted molar refractivity (Wildman–Crippen MR) is 89.7 cm³/mol. The molecule has 2 heterocycles. The first-order valence-electron chi connectivity index (χ1n) is 7.58. The van der Waals surface area contributed by atoms with Gasteiger partial charge in [-0.05, 0) is 25.5 Å². The topological polar surface area (TPSA) is 84.3 Å². The van der Waals surface area contributed by atoms with E-state index in [1.165, 1.54) is 11.8 Å². The number of fused-ring (bicyclic) bond motifs is 3. The number of aromatic amines is 1. The fourth-order valence-corrected chi connectivity index (χ4v) is 3.05. The molecule has 0 saturated carbocycles. The minimum atomic E-state index is -0.00734. The van der Waals surface area contributed by atoms with Crippen LogP contribution in [0.5, 0.6) is 0 Å². The molecule has 8 heteroatoms. The zero-order valence-corrected chi connectivity index (χ0v) is 13.7. The second-order valence-electron chi connectivity index (χ2n) is 4.95. The lowest BCUT2D eigenvalue weighted by atomic mass is 10.3. The van der Waals surface area contributed by atoms with E-state index in [1.807, 2.05) is 35.6 Å². The second kappa shape index (κ2) is 7.47. The van der Waals surface area contributed by atoms with Crippen molar-refractivity contribution in [1.29, 1.82) is 0 Å². The lowest BCUT2D eigenvalue weighted by Gasteiger charge is -2.04. The molecule has 0 bridgehead atoms. The van der Waals surface area contributed by atoms with Gasteiger partial charge in [0.2, 0.25) is 11.7 Å². The standard InChI is InChI=1S/C15H19N5O2S/c1-2-22-9-5-8-16-13(21)10-23-15-19-18-14-17-11-6-3-4-7-12(11)20(14)15/h3-4,6-7H,2,5,8-10H2,1H3,(H,16,21)(H,17,18). The number of benzene rings is 1. The minimum Gasteiger partial charge on any atom is -0.382 e. The smallest absolute Gasteiger partial charge is 0.231 e. The van der Waals surface area contributed by atoms with Gasteiger partial charge >= 0.3 is 0 Å². The number of carbonyl (C=O) groups excluding carboxylic acids is 1. The Morgan fingerprint density at radius 3 is 3.17 bits per heavy atom. The average Bonchev–Trinajstić information content (AvgIpc) is 3.12. The lowest BCUT2D eigenvalue weighted by molar-refractivity contribution is -0.118. The van der Waals surface area contributed by atoms with Gasteiger partial charge in [-0.25, -0.2) is 10.1 Å². The zero-order chi connectivity index (χ0) is 16.1. The third kappa shape index (κ3) is 3.65. The summed E-state index contributed by atoms with van der Waals surface area (Å²) in [5, 5.41) is 10.8. The Hall–Kier alpha value is -2.06. The number of hydrogen-bond acceptors (Lipinski definition) is 5. The Kier molecular flexibility index (Phi) is 5.14. The van der Waals surface area contributed by atoms with E-state index in [9.17, 15) is 4.79 Å². The molecule has 2 aromatic heterocycles. The van der Waals surface area contributed by atoms with Gasteiger partial charge in [0.25, 0.3) is 0 Å².